The molecule has 1 fully saturated rings. The summed E-state index contributed by atoms with van der Waals surface area (Å²) < 4.78 is 5.46. The number of H-pyrrole nitrogens is 1. The number of nitrogens with one attached hydrogen (secondary N) is 1. The van der Waals surface area contributed by atoms with E-state index >= 15 is 0 Å². The molecule has 1 N–H and O–H groups in total. The van der Waals surface area contributed by atoms with Crippen LogP contribution in [0.3, 0.4) is 0 Å². The first-order chi connectivity index (χ1) is 8.66. The number of halogens is 1. The van der Waals surface area contributed by atoms with Crippen LogP contribution >= 0.6 is 11.6 Å². The third-order valence-electron chi connectivity index (χ3n) is 3.49. The molecule has 1 saturated heterocycles. The fourth-order valence-corrected chi connectivity index (χ4v) is 2.83. The maximum Gasteiger partial charge on any atom is 0.170 e. The fraction of sp³-hybridized carbons (Fsp3) is 0.357. The second-order valence-electron chi connectivity index (χ2n) is 4.81. The van der Waals surface area contributed by atoms with E-state index in [-0.39, 0.29) is 17.8 Å². The van der Waals surface area contributed by atoms with Gasteiger partial charge in [0.15, 0.2) is 5.78 Å². The average Bonchev–Trinajstić information content (AvgIpc) is 2.95. The van der Waals surface area contributed by atoms with Crippen LogP contribution < -0.4 is 0 Å². The number of carbonyl (C=O) groups excluding carboxylic acids is 1. The SMILES string of the molecule is CC1CC(C(=O)c2c[nH]c3cccc(Cl)c23)CO1. The molecule has 0 radical (unpaired) electrons. The van der Waals surface area contributed by atoms with E-state index in [4.69, 9.17) is 16.3 Å². The first-order valence-corrected chi connectivity index (χ1v) is 6.46. The van der Waals surface area contributed by atoms with E-state index < -0.39 is 0 Å². The van der Waals surface area contributed by atoms with Crippen LogP contribution in [0.2, 0.25) is 5.02 Å². The third kappa shape index (κ3) is 1.84. The maximum atomic E-state index is 12.5. The van der Waals surface area contributed by atoms with Crippen molar-refractivity contribution >= 4 is 28.3 Å². The van der Waals surface area contributed by atoms with Gasteiger partial charge in [0.25, 0.3) is 0 Å². The van der Waals surface area contributed by atoms with Crippen molar-refractivity contribution in [3.05, 3.63) is 35.0 Å². The number of hydrogen-bond acceptors (Lipinski definition) is 2. The molecule has 2 atom stereocenters. The number of benzene rings is 1. The number of carbonyl (C=O) groups is 1. The van der Waals surface area contributed by atoms with E-state index in [1.165, 1.54) is 0 Å². The molecule has 1 aromatic heterocycles. The second kappa shape index (κ2) is 4.41. The molecule has 0 amide bonds. The van der Waals surface area contributed by atoms with E-state index in [0.29, 0.717) is 17.2 Å². The van der Waals surface area contributed by atoms with Crippen LogP contribution in [0.25, 0.3) is 10.9 Å². The lowest BCUT2D eigenvalue weighted by Gasteiger charge is -2.06. The van der Waals surface area contributed by atoms with E-state index in [9.17, 15) is 4.79 Å². The van der Waals surface area contributed by atoms with Gasteiger partial charge in [0.05, 0.1) is 17.7 Å². The Hall–Kier alpha value is -1.32. The van der Waals surface area contributed by atoms with Gasteiger partial charge in [0, 0.05) is 28.6 Å². The van der Waals surface area contributed by atoms with E-state index in [1.807, 2.05) is 25.1 Å². The molecule has 2 aromatic rings. The van der Waals surface area contributed by atoms with Crippen molar-refractivity contribution in [2.75, 3.05) is 6.61 Å². The van der Waals surface area contributed by atoms with Crippen molar-refractivity contribution < 1.29 is 9.53 Å². The van der Waals surface area contributed by atoms with Gasteiger partial charge in [0.2, 0.25) is 0 Å². The predicted molar refractivity (Wildman–Crippen MR) is 71.2 cm³/mol. The standard InChI is InChI=1S/C14H14ClNO2/c1-8-5-9(7-18-8)14(17)10-6-16-12-4-2-3-11(15)13(10)12/h2-4,6,8-9,16H,5,7H2,1H3. The first-order valence-electron chi connectivity index (χ1n) is 6.08. The molecule has 18 heavy (non-hydrogen) atoms. The topological polar surface area (TPSA) is 42.1 Å². The highest BCUT2D eigenvalue weighted by atomic mass is 35.5. The molecule has 4 heteroatoms. The molecule has 94 valence electrons. The average molecular weight is 264 g/mol. The van der Waals surface area contributed by atoms with Gasteiger partial charge in [-0.3, -0.25) is 4.79 Å². The summed E-state index contributed by atoms with van der Waals surface area (Å²) in [6, 6.07) is 5.60. The fourth-order valence-electron chi connectivity index (χ4n) is 2.55. The summed E-state index contributed by atoms with van der Waals surface area (Å²) in [7, 11) is 0. The van der Waals surface area contributed by atoms with Crippen molar-refractivity contribution in [2.45, 2.75) is 19.4 Å². The minimum absolute atomic E-state index is 0.0460. The van der Waals surface area contributed by atoms with Crippen molar-refractivity contribution in [3.8, 4) is 0 Å². The Morgan fingerprint density at radius 2 is 2.33 bits per heavy atom. The molecule has 0 saturated carbocycles. The lowest BCUT2D eigenvalue weighted by atomic mass is 9.95. The quantitative estimate of drug-likeness (QED) is 0.844. The number of rotatable bonds is 2. The van der Waals surface area contributed by atoms with E-state index in [1.54, 1.807) is 6.20 Å². The minimum atomic E-state index is -0.0460. The Labute approximate surface area is 110 Å². The van der Waals surface area contributed by atoms with Gasteiger partial charge < -0.3 is 9.72 Å². The molecular formula is C14H14ClNO2. The van der Waals surface area contributed by atoms with Crippen LogP contribution in [0.5, 0.6) is 0 Å². The number of aromatic nitrogens is 1. The number of aromatic amines is 1. The zero-order chi connectivity index (χ0) is 12.7. The molecule has 0 spiro atoms. The van der Waals surface area contributed by atoms with Gasteiger partial charge in [-0.15, -0.1) is 0 Å². The molecule has 1 aromatic carbocycles. The van der Waals surface area contributed by atoms with Crippen LogP contribution in [0.1, 0.15) is 23.7 Å². The lowest BCUT2D eigenvalue weighted by molar-refractivity contribution is 0.0879. The molecule has 2 unspecified atom stereocenters. The molecule has 1 aliphatic heterocycles. The van der Waals surface area contributed by atoms with Crippen molar-refractivity contribution in [1.82, 2.24) is 4.98 Å². The highest BCUT2D eigenvalue weighted by Gasteiger charge is 2.30. The van der Waals surface area contributed by atoms with Crippen molar-refractivity contribution in [1.29, 1.82) is 0 Å². The number of ether oxygens (including phenoxy) is 1. The summed E-state index contributed by atoms with van der Waals surface area (Å²) in [4.78, 5) is 15.6. The summed E-state index contributed by atoms with van der Waals surface area (Å²) in [6.07, 6.45) is 2.71. The van der Waals surface area contributed by atoms with E-state index in [0.717, 1.165) is 17.3 Å². The van der Waals surface area contributed by atoms with Crippen LogP contribution in [-0.4, -0.2) is 23.5 Å². The zero-order valence-corrected chi connectivity index (χ0v) is 10.8. The minimum Gasteiger partial charge on any atom is -0.378 e. The molecule has 0 aliphatic carbocycles. The molecule has 1 aliphatic rings. The van der Waals surface area contributed by atoms with Gasteiger partial charge >= 0.3 is 0 Å². The Kier molecular flexibility index (Phi) is 2.88. The third-order valence-corrected chi connectivity index (χ3v) is 3.80. The van der Waals surface area contributed by atoms with Crippen LogP contribution in [0, 0.1) is 5.92 Å². The Balaban J connectivity index is 2.02. The van der Waals surface area contributed by atoms with E-state index in [2.05, 4.69) is 4.98 Å². The van der Waals surface area contributed by atoms with Gasteiger partial charge in [-0.2, -0.15) is 0 Å². The second-order valence-corrected chi connectivity index (χ2v) is 5.21. The molecule has 3 rings (SSSR count). The number of fused-ring (bicyclic) bond motifs is 1. The van der Waals surface area contributed by atoms with Gasteiger partial charge in [-0.1, -0.05) is 17.7 Å². The van der Waals surface area contributed by atoms with Crippen molar-refractivity contribution in [2.24, 2.45) is 5.92 Å². The number of ketones is 1. The molecule has 0 bridgehead atoms. The smallest absolute Gasteiger partial charge is 0.170 e. The van der Waals surface area contributed by atoms with Crippen molar-refractivity contribution in [3.63, 3.8) is 0 Å². The summed E-state index contributed by atoms with van der Waals surface area (Å²) in [5.41, 5.74) is 1.58. The number of Topliss-reactive ketones (excluding diaryl/α,β-unsaturated/α-hetero) is 1. The maximum absolute atomic E-state index is 12.5. The highest BCUT2D eigenvalue weighted by Crippen LogP contribution is 2.30. The normalized spacial score (nSPS) is 23.7. The Morgan fingerprint density at radius 3 is 3.06 bits per heavy atom. The van der Waals surface area contributed by atoms with Crippen LogP contribution in [0.15, 0.2) is 24.4 Å². The van der Waals surface area contributed by atoms with Gasteiger partial charge in [0.1, 0.15) is 0 Å². The largest absolute Gasteiger partial charge is 0.378 e. The predicted octanol–water partition coefficient (Wildman–Crippen LogP) is 3.43. The molecular weight excluding hydrogens is 250 g/mol. The summed E-state index contributed by atoms with van der Waals surface area (Å²) in [5.74, 6) is 0.0778. The zero-order valence-electron chi connectivity index (χ0n) is 10.1. The number of hydrogen-bond donors (Lipinski definition) is 1. The summed E-state index contributed by atoms with van der Waals surface area (Å²) in [6.45, 7) is 2.51. The van der Waals surface area contributed by atoms with Gasteiger partial charge in [-0.25, -0.2) is 0 Å². The monoisotopic (exact) mass is 263 g/mol. The van der Waals surface area contributed by atoms with Gasteiger partial charge in [-0.05, 0) is 25.5 Å². The highest BCUT2D eigenvalue weighted by molar-refractivity contribution is 6.37. The van der Waals surface area contributed by atoms with Crippen LogP contribution in [0.4, 0.5) is 0 Å². The summed E-state index contributed by atoms with van der Waals surface area (Å²) >= 11 is 6.18. The Bertz CT molecular complexity index is 605. The first kappa shape index (κ1) is 11.8. The molecule has 3 nitrogen and oxygen atoms in total. The van der Waals surface area contributed by atoms with Crippen LogP contribution in [-0.2, 0) is 4.74 Å². The molecule has 2 heterocycles. The summed E-state index contributed by atoms with van der Waals surface area (Å²) in [5, 5.41) is 1.44. The lowest BCUT2D eigenvalue weighted by Crippen LogP contribution is -2.14. The Morgan fingerprint density at radius 1 is 1.50 bits per heavy atom.